The van der Waals surface area contributed by atoms with Gasteiger partial charge >= 0.3 is 0 Å². The van der Waals surface area contributed by atoms with E-state index in [1.807, 2.05) is 4.90 Å². The third-order valence-electron chi connectivity index (χ3n) is 4.42. The molecule has 0 spiro atoms. The van der Waals surface area contributed by atoms with Crippen LogP contribution in [0.4, 0.5) is 0 Å². The Bertz CT molecular complexity index is 305. The number of likely N-dealkylation sites (tertiary alicyclic amines) is 1. The quantitative estimate of drug-likeness (QED) is 0.385. The van der Waals surface area contributed by atoms with Gasteiger partial charge in [-0.15, -0.1) is 0 Å². The smallest absolute Gasteiger partial charge is 0.226 e. The van der Waals surface area contributed by atoms with E-state index < -0.39 is 0 Å². The summed E-state index contributed by atoms with van der Waals surface area (Å²) in [5, 5.41) is 0. The van der Waals surface area contributed by atoms with Gasteiger partial charge in [0.2, 0.25) is 5.91 Å². The number of carbonyl (C=O) groups is 1. The van der Waals surface area contributed by atoms with Crippen molar-refractivity contribution in [2.75, 3.05) is 47.1 Å². The molecule has 0 N–H and O–H groups in total. The van der Waals surface area contributed by atoms with Crippen molar-refractivity contribution in [3.8, 4) is 0 Å². The average molecular weight is 314 g/mol. The van der Waals surface area contributed by atoms with Gasteiger partial charge < -0.3 is 9.22 Å². The van der Waals surface area contributed by atoms with Gasteiger partial charge in [0.05, 0.1) is 27.2 Å². The Labute approximate surface area is 137 Å². The number of ether oxygens (including phenoxy) is 1. The molecule has 0 unspecified atom stereocenters. The summed E-state index contributed by atoms with van der Waals surface area (Å²) in [6, 6.07) is 0. The number of hydrogen-bond donors (Lipinski definition) is 0. The van der Waals surface area contributed by atoms with Gasteiger partial charge in [0.15, 0.2) is 6.67 Å². The average Bonchev–Trinajstić information content (AvgIpc) is 2.85. The Morgan fingerprint density at radius 2 is 1.73 bits per heavy atom. The second-order valence-corrected chi connectivity index (χ2v) is 7.30. The molecule has 4 heteroatoms. The van der Waals surface area contributed by atoms with Crippen molar-refractivity contribution >= 4 is 5.91 Å². The molecule has 1 fully saturated rings. The molecule has 0 saturated carbocycles. The lowest BCUT2D eigenvalue weighted by Gasteiger charge is -2.33. The fourth-order valence-corrected chi connectivity index (χ4v) is 3.07. The molecule has 130 valence electrons. The predicted octanol–water partition coefficient (Wildman–Crippen LogP) is 3.41. The van der Waals surface area contributed by atoms with Gasteiger partial charge in [-0.1, -0.05) is 39.0 Å². The zero-order valence-corrected chi connectivity index (χ0v) is 15.1. The summed E-state index contributed by atoms with van der Waals surface area (Å²) in [6.07, 6.45) is 10.7. The number of hydrogen-bond acceptors (Lipinski definition) is 2. The van der Waals surface area contributed by atoms with E-state index in [0.717, 1.165) is 56.7 Å². The minimum absolute atomic E-state index is 0.325. The normalized spacial score (nSPS) is 15.8. The van der Waals surface area contributed by atoms with E-state index in [-0.39, 0.29) is 0 Å². The zero-order chi connectivity index (χ0) is 16.3. The number of unbranched alkanes of at least 4 members (excludes halogenated alkanes) is 5. The Hall–Kier alpha value is -0.610. The Morgan fingerprint density at radius 3 is 2.41 bits per heavy atom. The van der Waals surface area contributed by atoms with Gasteiger partial charge in [-0.3, -0.25) is 9.69 Å². The fraction of sp³-hybridized carbons (Fsp3) is 0.944. The first kappa shape index (κ1) is 19.4. The fourth-order valence-electron chi connectivity index (χ4n) is 3.07. The van der Waals surface area contributed by atoms with Crippen molar-refractivity contribution < 1.29 is 14.0 Å². The maximum absolute atomic E-state index is 11.7. The highest BCUT2D eigenvalue weighted by atomic mass is 16.5. The van der Waals surface area contributed by atoms with Crippen LogP contribution in [0, 0.1) is 0 Å². The van der Waals surface area contributed by atoms with Crippen LogP contribution in [0.5, 0.6) is 0 Å². The lowest BCUT2D eigenvalue weighted by Crippen LogP contribution is -2.49. The number of amides is 1. The van der Waals surface area contributed by atoms with E-state index in [1.165, 1.54) is 38.5 Å². The SMILES string of the molecule is CCCCCCCCOCCC[N+](C)(C)CN1CCCC1=O. The van der Waals surface area contributed by atoms with Crippen molar-refractivity contribution in [3.63, 3.8) is 0 Å². The Balaban J connectivity index is 1.95. The number of rotatable bonds is 13. The van der Waals surface area contributed by atoms with Crippen LogP contribution in [0.15, 0.2) is 0 Å². The molecule has 22 heavy (non-hydrogen) atoms. The van der Waals surface area contributed by atoms with E-state index in [4.69, 9.17) is 4.74 Å². The van der Waals surface area contributed by atoms with E-state index in [2.05, 4.69) is 21.0 Å². The molecule has 0 aromatic rings. The van der Waals surface area contributed by atoms with Crippen molar-refractivity contribution in [2.24, 2.45) is 0 Å². The molecule has 1 amide bonds. The summed E-state index contributed by atoms with van der Waals surface area (Å²) in [5.41, 5.74) is 0. The summed E-state index contributed by atoms with van der Waals surface area (Å²) >= 11 is 0. The summed E-state index contributed by atoms with van der Waals surface area (Å²) in [6.45, 7) is 6.86. The number of carbonyl (C=O) groups excluding carboxylic acids is 1. The summed E-state index contributed by atoms with van der Waals surface area (Å²) in [4.78, 5) is 13.7. The van der Waals surface area contributed by atoms with Crippen LogP contribution in [0.1, 0.15) is 64.7 Å². The lowest BCUT2D eigenvalue weighted by molar-refractivity contribution is -0.899. The minimum Gasteiger partial charge on any atom is -0.381 e. The Morgan fingerprint density at radius 1 is 1.05 bits per heavy atom. The van der Waals surface area contributed by atoms with Crippen molar-refractivity contribution in [3.05, 3.63) is 0 Å². The highest BCUT2D eigenvalue weighted by Gasteiger charge is 2.26. The van der Waals surface area contributed by atoms with Crippen LogP contribution < -0.4 is 0 Å². The second kappa shape index (κ2) is 11.0. The van der Waals surface area contributed by atoms with Crippen molar-refractivity contribution in [1.82, 2.24) is 4.90 Å². The predicted molar refractivity (Wildman–Crippen MR) is 91.6 cm³/mol. The molecule has 0 aromatic heterocycles. The first-order valence-electron chi connectivity index (χ1n) is 9.23. The molecule has 0 aliphatic carbocycles. The third kappa shape index (κ3) is 8.74. The summed E-state index contributed by atoms with van der Waals surface area (Å²) in [5.74, 6) is 0.325. The van der Waals surface area contributed by atoms with E-state index in [9.17, 15) is 4.79 Å². The van der Waals surface area contributed by atoms with Crippen molar-refractivity contribution in [1.29, 1.82) is 0 Å². The zero-order valence-electron chi connectivity index (χ0n) is 15.1. The van der Waals surface area contributed by atoms with Gasteiger partial charge in [0.25, 0.3) is 0 Å². The highest BCUT2D eigenvalue weighted by Crippen LogP contribution is 2.13. The summed E-state index contributed by atoms with van der Waals surface area (Å²) in [7, 11) is 4.42. The molecular formula is C18H37N2O2+. The molecule has 0 aromatic carbocycles. The van der Waals surface area contributed by atoms with Crippen LogP contribution in [-0.2, 0) is 9.53 Å². The van der Waals surface area contributed by atoms with Gasteiger partial charge in [0.1, 0.15) is 0 Å². The first-order chi connectivity index (χ1) is 10.5. The Kier molecular flexibility index (Phi) is 9.73. The van der Waals surface area contributed by atoms with Crippen molar-refractivity contribution in [2.45, 2.75) is 64.7 Å². The highest BCUT2D eigenvalue weighted by molar-refractivity contribution is 5.77. The molecule has 1 rings (SSSR count). The monoisotopic (exact) mass is 313 g/mol. The van der Waals surface area contributed by atoms with E-state index in [0.29, 0.717) is 5.91 Å². The minimum atomic E-state index is 0.325. The van der Waals surface area contributed by atoms with Crippen LogP contribution >= 0.6 is 0 Å². The maximum atomic E-state index is 11.7. The first-order valence-corrected chi connectivity index (χ1v) is 9.23. The number of quaternary nitrogens is 1. The molecular weight excluding hydrogens is 276 g/mol. The van der Waals surface area contributed by atoms with Gasteiger partial charge in [-0.2, -0.15) is 0 Å². The molecule has 4 nitrogen and oxygen atoms in total. The second-order valence-electron chi connectivity index (χ2n) is 7.30. The van der Waals surface area contributed by atoms with Crippen LogP contribution in [0.25, 0.3) is 0 Å². The third-order valence-corrected chi connectivity index (χ3v) is 4.42. The molecule has 1 saturated heterocycles. The van der Waals surface area contributed by atoms with E-state index in [1.54, 1.807) is 0 Å². The molecule has 0 radical (unpaired) electrons. The van der Waals surface area contributed by atoms with Gasteiger partial charge in [-0.25, -0.2) is 0 Å². The van der Waals surface area contributed by atoms with Gasteiger partial charge in [-0.05, 0) is 12.8 Å². The molecule has 0 bridgehead atoms. The largest absolute Gasteiger partial charge is 0.381 e. The van der Waals surface area contributed by atoms with Crippen LogP contribution in [-0.4, -0.2) is 62.4 Å². The molecule has 1 aliphatic rings. The van der Waals surface area contributed by atoms with Crippen LogP contribution in [0.3, 0.4) is 0 Å². The molecule has 1 heterocycles. The van der Waals surface area contributed by atoms with Gasteiger partial charge in [0, 0.05) is 26.0 Å². The standard InChI is InChI=1S/C18H37N2O2/c1-4-5-6-7-8-9-15-22-16-11-14-20(2,3)17-19-13-10-12-18(19)21/h4-17H2,1-3H3/q+1. The van der Waals surface area contributed by atoms with E-state index >= 15 is 0 Å². The van der Waals surface area contributed by atoms with Crippen LogP contribution in [0.2, 0.25) is 0 Å². The molecule has 1 aliphatic heterocycles. The maximum Gasteiger partial charge on any atom is 0.226 e. The number of nitrogens with zero attached hydrogens (tertiary/aromatic N) is 2. The topological polar surface area (TPSA) is 29.5 Å². The summed E-state index contributed by atoms with van der Waals surface area (Å²) < 4.78 is 6.62. The molecule has 0 atom stereocenters. The lowest BCUT2D eigenvalue weighted by atomic mass is 10.1.